The normalized spacial score (nSPS) is 22.8. The molecule has 0 radical (unpaired) electrons. The average Bonchev–Trinajstić information content (AvgIpc) is 2.08. The van der Waals surface area contributed by atoms with Crippen LogP contribution in [0.3, 0.4) is 0 Å². The van der Waals surface area contributed by atoms with Gasteiger partial charge in [0.2, 0.25) is 0 Å². The first kappa shape index (κ1) is 7.24. The summed E-state index contributed by atoms with van der Waals surface area (Å²) in [4.78, 5) is 0. The number of rotatable bonds is 1. The topological polar surface area (TPSA) is 0 Å². The highest BCUT2D eigenvalue weighted by Gasteiger charge is 2.26. The summed E-state index contributed by atoms with van der Waals surface area (Å²) in [7, 11) is 4.73. The van der Waals surface area contributed by atoms with Crippen molar-refractivity contribution in [3.8, 4) is 0 Å². The standard InChI is InChI=1S/C7H16B2/c1-7(8,9)6-4-2-3-5-6/h6H,2-5,8-9H2,1H3. The van der Waals surface area contributed by atoms with Crippen molar-refractivity contribution in [2.75, 3.05) is 0 Å². The summed E-state index contributed by atoms with van der Waals surface area (Å²) >= 11 is 0. The molecule has 0 aliphatic heterocycles. The minimum atomic E-state index is 0.580. The Morgan fingerprint density at radius 2 is 1.67 bits per heavy atom. The Kier molecular flexibility index (Phi) is 1.93. The zero-order valence-electron chi connectivity index (χ0n) is 6.91. The van der Waals surface area contributed by atoms with Crippen LogP contribution in [0.25, 0.3) is 0 Å². The molecule has 0 N–H and O–H groups in total. The summed E-state index contributed by atoms with van der Waals surface area (Å²) in [6, 6.07) is 0. The Bertz CT molecular complexity index is 87.6. The third-order valence-electron chi connectivity index (χ3n) is 2.58. The highest BCUT2D eigenvalue weighted by Crippen LogP contribution is 2.39. The van der Waals surface area contributed by atoms with Crippen LogP contribution in [-0.2, 0) is 0 Å². The summed E-state index contributed by atoms with van der Waals surface area (Å²) in [6.45, 7) is 2.36. The molecule has 0 bridgehead atoms. The molecule has 1 aliphatic rings. The van der Waals surface area contributed by atoms with Gasteiger partial charge in [0, 0.05) is 0 Å². The molecule has 2 heteroatoms. The van der Waals surface area contributed by atoms with Crippen LogP contribution in [0.4, 0.5) is 0 Å². The minimum absolute atomic E-state index is 0.580. The van der Waals surface area contributed by atoms with Crippen molar-refractivity contribution in [1.82, 2.24) is 0 Å². The maximum atomic E-state index is 2.36. The van der Waals surface area contributed by atoms with E-state index in [-0.39, 0.29) is 0 Å². The zero-order chi connectivity index (χ0) is 6.91. The van der Waals surface area contributed by atoms with E-state index in [1.807, 2.05) is 0 Å². The lowest BCUT2D eigenvalue weighted by Crippen LogP contribution is -2.17. The first-order chi connectivity index (χ1) is 4.11. The Balaban J connectivity index is 2.42. The van der Waals surface area contributed by atoms with Crippen molar-refractivity contribution in [3.05, 3.63) is 0 Å². The van der Waals surface area contributed by atoms with Crippen molar-refractivity contribution >= 4 is 15.7 Å². The molecular formula is C7H16B2. The van der Waals surface area contributed by atoms with E-state index in [9.17, 15) is 0 Å². The van der Waals surface area contributed by atoms with Gasteiger partial charge in [0.15, 0.2) is 0 Å². The van der Waals surface area contributed by atoms with Gasteiger partial charge in [-0.25, -0.2) is 0 Å². The predicted molar refractivity (Wildman–Crippen MR) is 47.4 cm³/mol. The largest absolute Gasteiger partial charge is 0.0992 e. The summed E-state index contributed by atoms with van der Waals surface area (Å²) in [6.07, 6.45) is 5.90. The van der Waals surface area contributed by atoms with E-state index in [1.54, 1.807) is 0 Å². The fraction of sp³-hybridized carbons (Fsp3) is 1.00. The average molecular weight is 122 g/mol. The Morgan fingerprint density at radius 1 is 1.22 bits per heavy atom. The van der Waals surface area contributed by atoms with Crippen LogP contribution in [0.2, 0.25) is 5.21 Å². The van der Waals surface area contributed by atoms with Crippen LogP contribution in [0, 0.1) is 5.92 Å². The smallest absolute Gasteiger partial charge is 0.0845 e. The van der Waals surface area contributed by atoms with Gasteiger partial charge >= 0.3 is 0 Å². The molecule has 1 rings (SSSR count). The Labute approximate surface area is 60.2 Å². The minimum Gasteiger partial charge on any atom is -0.0845 e. The van der Waals surface area contributed by atoms with Crippen molar-refractivity contribution in [1.29, 1.82) is 0 Å². The summed E-state index contributed by atoms with van der Waals surface area (Å²) < 4.78 is 0. The lowest BCUT2D eigenvalue weighted by molar-refractivity contribution is 0.491. The maximum absolute atomic E-state index is 2.36. The van der Waals surface area contributed by atoms with Crippen molar-refractivity contribution < 1.29 is 0 Å². The molecular weight excluding hydrogens is 106 g/mol. The molecule has 1 fully saturated rings. The SMILES string of the molecule is BC(B)(C)C1CCCC1. The molecule has 1 saturated carbocycles. The second kappa shape index (κ2) is 2.40. The predicted octanol–water partition coefficient (Wildman–Crippen LogP) is 0.579. The lowest BCUT2D eigenvalue weighted by atomic mass is 9.49. The van der Waals surface area contributed by atoms with E-state index in [4.69, 9.17) is 0 Å². The van der Waals surface area contributed by atoms with Gasteiger partial charge in [-0.2, -0.15) is 0 Å². The second-order valence-electron chi connectivity index (χ2n) is 4.35. The van der Waals surface area contributed by atoms with Crippen molar-refractivity contribution in [3.63, 3.8) is 0 Å². The van der Waals surface area contributed by atoms with Crippen molar-refractivity contribution in [2.24, 2.45) is 5.92 Å². The molecule has 0 aromatic heterocycles. The van der Waals surface area contributed by atoms with Crippen molar-refractivity contribution in [2.45, 2.75) is 37.8 Å². The molecule has 0 aromatic carbocycles. The zero-order valence-corrected chi connectivity index (χ0v) is 6.91. The van der Waals surface area contributed by atoms with Crippen LogP contribution >= 0.6 is 0 Å². The van der Waals surface area contributed by atoms with Gasteiger partial charge in [-0.15, -0.1) is 0 Å². The van der Waals surface area contributed by atoms with Crippen LogP contribution in [0.1, 0.15) is 32.6 Å². The monoisotopic (exact) mass is 122 g/mol. The summed E-state index contributed by atoms with van der Waals surface area (Å²) in [5.74, 6) is 1.01. The molecule has 0 aromatic rings. The third-order valence-corrected chi connectivity index (χ3v) is 2.58. The van der Waals surface area contributed by atoms with E-state index in [0.717, 1.165) is 5.92 Å². The van der Waals surface area contributed by atoms with Crippen LogP contribution < -0.4 is 0 Å². The van der Waals surface area contributed by atoms with E-state index < -0.39 is 0 Å². The quantitative estimate of drug-likeness (QED) is 0.446. The molecule has 9 heavy (non-hydrogen) atoms. The molecule has 0 spiro atoms. The van der Waals surface area contributed by atoms with Gasteiger partial charge in [-0.3, -0.25) is 0 Å². The highest BCUT2D eigenvalue weighted by atomic mass is 14.2. The summed E-state index contributed by atoms with van der Waals surface area (Å²) in [5, 5.41) is 0.580. The van der Waals surface area contributed by atoms with E-state index >= 15 is 0 Å². The molecule has 0 saturated heterocycles. The first-order valence-electron chi connectivity index (χ1n) is 4.11. The summed E-state index contributed by atoms with van der Waals surface area (Å²) in [5.41, 5.74) is 0. The molecule has 1 aliphatic carbocycles. The second-order valence-corrected chi connectivity index (χ2v) is 4.35. The first-order valence-corrected chi connectivity index (χ1v) is 4.11. The van der Waals surface area contributed by atoms with Gasteiger partial charge < -0.3 is 0 Å². The fourth-order valence-electron chi connectivity index (χ4n) is 1.79. The van der Waals surface area contributed by atoms with Gasteiger partial charge in [0.25, 0.3) is 0 Å². The molecule has 0 unspecified atom stereocenters. The molecule has 0 amide bonds. The van der Waals surface area contributed by atoms with Gasteiger partial charge in [-0.1, -0.05) is 43.7 Å². The van der Waals surface area contributed by atoms with Gasteiger partial charge in [0.1, 0.15) is 0 Å². The van der Waals surface area contributed by atoms with Gasteiger partial charge in [-0.05, 0) is 0 Å². The molecule has 0 heterocycles. The van der Waals surface area contributed by atoms with Gasteiger partial charge in [0.05, 0.1) is 15.7 Å². The molecule has 0 nitrogen and oxygen atoms in total. The Hall–Kier alpha value is 0.130. The van der Waals surface area contributed by atoms with Crippen LogP contribution in [-0.4, -0.2) is 15.7 Å². The fourth-order valence-corrected chi connectivity index (χ4v) is 1.79. The van der Waals surface area contributed by atoms with E-state index in [0.29, 0.717) is 5.21 Å². The van der Waals surface area contributed by atoms with E-state index in [2.05, 4.69) is 22.6 Å². The maximum Gasteiger partial charge on any atom is 0.0992 e. The third kappa shape index (κ3) is 1.77. The van der Waals surface area contributed by atoms with Crippen LogP contribution in [0.15, 0.2) is 0 Å². The number of hydrogen-bond acceptors (Lipinski definition) is 0. The van der Waals surface area contributed by atoms with E-state index in [1.165, 1.54) is 25.7 Å². The molecule has 50 valence electrons. The molecule has 0 atom stereocenters. The van der Waals surface area contributed by atoms with Crippen LogP contribution in [0.5, 0.6) is 0 Å². The Morgan fingerprint density at radius 3 is 1.89 bits per heavy atom. The lowest BCUT2D eigenvalue weighted by Gasteiger charge is -2.26. The number of hydrogen-bond donors (Lipinski definition) is 0. The highest BCUT2D eigenvalue weighted by molar-refractivity contribution is 6.39.